The standard InChI is InChI=1S/C24H29N3O2/c1-16(2)13-17-3-5-20(6-4-17)23-26-22(27-29-23)19-9-7-18(8-10-19)21-11-12-24(25,14-21)15-28/h3-10,16,21,28H,11-15,25H2,1-2H3. The number of hydrogen-bond acceptors (Lipinski definition) is 5. The van der Waals surface area contributed by atoms with Gasteiger partial charge in [-0.15, -0.1) is 0 Å². The molecule has 1 saturated carbocycles. The summed E-state index contributed by atoms with van der Waals surface area (Å²) in [4.78, 5) is 4.57. The molecule has 2 atom stereocenters. The van der Waals surface area contributed by atoms with Crippen molar-refractivity contribution in [2.24, 2.45) is 11.7 Å². The van der Waals surface area contributed by atoms with Crippen molar-refractivity contribution in [1.82, 2.24) is 10.1 Å². The molecule has 3 N–H and O–H groups in total. The molecule has 1 heterocycles. The van der Waals surface area contributed by atoms with Crippen molar-refractivity contribution in [1.29, 1.82) is 0 Å². The molecule has 1 aromatic heterocycles. The fourth-order valence-corrected chi connectivity index (χ4v) is 4.20. The van der Waals surface area contributed by atoms with Crippen LogP contribution in [0.1, 0.15) is 50.2 Å². The third-order valence-corrected chi connectivity index (χ3v) is 5.87. The van der Waals surface area contributed by atoms with Gasteiger partial charge in [0, 0.05) is 16.7 Å². The molecule has 29 heavy (non-hydrogen) atoms. The lowest BCUT2D eigenvalue weighted by Gasteiger charge is -2.20. The molecule has 1 fully saturated rings. The van der Waals surface area contributed by atoms with E-state index >= 15 is 0 Å². The predicted octanol–water partition coefficient (Wildman–Crippen LogP) is 4.56. The maximum atomic E-state index is 9.48. The van der Waals surface area contributed by atoms with Crippen LogP contribution in [0.5, 0.6) is 0 Å². The Morgan fingerprint density at radius 3 is 2.41 bits per heavy atom. The van der Waals surface area contributed by atoms with Crippen LogP contribution in [-0.4, -0.2) is 27.4 Å². The summed E-state index contributed by atoms with van der Waals surface area (Å²) in [5, 5.41) is 13.6. The van der Waals surface area contributed by atoms with Crippen molar-refractivity contribution in [2.75, 3.05) is 6.61 Å². The van der Waals surface area contributed by atoms with Crippen molar-refractivity contribution in [2.45, 2.75) is 51.0 Å². The minimum Gasteiger partial charge on any atom is -0.394 e. The number of nitrogens with zero attached hydrogens (tertiary/aromatic N) is 2. The number of rotatable bonds is 6. The van der Waals surface area contributed by atoms with Crippen molar-refractivity contribution < 1.29 is 9.63 Å². The molecule has 0 spiro atoms. The summed E-state index contributed by atoms with van der Waals surface area (Å²) < 4.78 is 5.49. The second kappa shape index (κ2) is 8.09. The van der Waals surface area contributed by atoms with Gasteiger partial charge < -0.3 is 15.4 Å². The van der Waals surface area contributed by atoms with Gasteiger partial charge in [-0.2, -0.15) is 4.98 Å². The Morgan fingerprint density at radius 2 is 1.79 bits per heavy atom. The topological polar surface area (TPSA) is 85.2 Å². The normalized spacial score (nSPS) is 21.8. The van der Waals surface area contributed by atoms with Crippen LogP contribution in [0.4, 0.5) is 0 Å². The van der Waals surface area contributed by atoms with Gasteiger partial charge in [-0.1, -0.05) is 55.4 Å². The average molecular weight is 392 g/mol. The monoisotopic (exact) mass is 391 g/mol. The van der Waals surface area contributed by atoms with Gasteiger partial charge in [0.1, 0.15) is 0 Å². The minimum absolute atomic E-state index is 0.0473. The summed E-state index contributed by atoms with van der Waals surface area (Å²) in [6, 6.07) is 16.6. The lowest BCUT2D eigenvalue weighted by molar-refractivity contribution is 0.198. The first-order chi connectivity index (χ1) is 14.0. The Hall–Kier alpha value is -2.50. The van der Waals surface area contributed by atoms with E-state index in [2.05, 4.69) is 48.3 Å². The Kier molecular flexibility index (Phi) is 5.52. The smallest absolute Gasteiger partial charge is 0.258 e. The number of aliphatic hydroxyl groups is 1. The molecule has 2 unspecified atom stereocenters. The summed E-state index contributed by atoms with van der Waals surface area (Å²) in [6.07, 6.45) is 3.75. The number of hydrogen-bond donors (Lipinski definition) is 2. The molecule has 5 heteroatoms. The third-order valence-electron chi connectivity index (χ3n) is 5.87. The molecule has 1 aliphatic rings. The van der Waals surface area contributed by atoms with Crippen LogP contribution in [0.3, 0.4) is 0 Å². The molecule has 0 radical (unpaired) electrons. The van der Waals surface area contributed by atoms with Gasteiger partial charge in [-0.3, -0.25) is 0 Å². The first-order valence-corrected chi connectivity index (χ1v) is 10.4. The molecule has 0 bridgehead atoms. The first kappa shape index (κ1) is 19.8. The molecule has 5 nitrogen and oxygen atoms in total. The Labute approximate surface area is 172 Å². The second-order valence-corrected chi connectivity index (χ2v) is 8.80. The minimum atomic E-state index is -0.434. The molecule has 2 aromatic carbocycles. The zero-order valence-corrected chi connectivity index (χ0v) is 17.1. The number of aromatic nitrogens is 2. The largest absolute Gasteiger partial charge is 0.394 e. The van der Waals surface area contributed by atoms with Crippen LogP contribution in [0.25, 0.3) is 22.8 Å². The highest BCUT2D eigenvalue weighted by Gasteiger charge is 2.35. The van der Waals surface area contributed by atoms with Crippen LogP contribution in [0, 0.1) is 5.92 Å². The van der Waals surface area contributed by atoms with E-state index in [1.54, 1.807) is 0 Å². The van der Waals surface area contributed by atoms with E-state index < -0.39 is 5.54 Å². The zero-order valence-electron chi connectivity index (χ0n) is 17.1. The predicted molar refractivity (Wildman–Crippen MR) is 114 cm³/mol. The number of aliphatic hydroxyl groups excluding tert-OH is 1. The highest BCUT2D eigenvalue weighted by Crippen LogP contribution is 2.39. The fourth-order valence-electron chi connectivity index (χ4n) is 4.20. The number of benzene rings is 2. The van der Waals surface area contributed by atoms with Gasteiger partial charge in [0.15, 0.2) is 0 Å². The summed E-state index contributed by atoms with van der Waals surface area (Å²) in [7, 11) is 0. The van der Waals surface area contributed by atoms with Crippen LogP contribution < -0.4 is 5.73 Å². The van der Waals surface area contributed by atoms with Gasteiger partial charge in [0.05, 0.1) is 6.61 Å². The molecule has 152 valence electrons. The van der Waals surface area contributed by atoms with E-state index in [4.69, 9.17) is 10.3 Å². The highest BCUT2D eigenvalue weighted by molar-refractivity contribution is 5.60. The Morgan fingerprint density at radius 1 is 1.10 bits per heavy atom. The van der Waals surface area contributed by atoms with Crippen molar-refractivity contribution in [3.63, 3.8) is 0 Å². The van der Waals surface area contributed by atoms with Gasteiger partial charge >= 0.3 is 0 Å². The molecule has 3 aromatic rings. The Balaban J connectivity index is 1.47. The third kappa shape index (κ3) is 4.41. The van der Waals surface area contributed by atoms with E-state index in [9.17, 15) is 5.11 Å². The van der Waals surface area contributed by atoms with Crippen LogP contribution in [0.2, 0.25) is 0 Å². The molecule has 1 aliphatic carbocycles. The Bertz CT molecular complexity index is 947. The van der Waals surface area contributed by atoms with E-state index in [1.165, 1.54) is 11.1 Å². The first-order valence-electron chi connectivity index (χ1n) is 10.4. The molecular weight excluding hydrogens is 362 g/mol. The molecule has 4 rings (SSSR count). The molecule has 0 aliphatic heterocycles. The van der Waals surface area contributed by atoms with Crippen LogP contribution >= 0.6 is 0 Å². The van der Waals surface area contributed by atoms with Crippen molar-refractivity contribution >= 4 is 0 Å². The van der Waals surface area contributed by atoms with E-state index in [0.717, 1.165) is 36.8 Å². The summed E-state index contributed by atoms with van der Waals surface area (Å²) in [5.74, 6) is 2.15. The maximum Gasteiger partial charge on any atom is 0.258 e. The van der Waals surface area contributed by atoms with Gasteiger partial charge in [-0.25, -0.2) is 0 Å². The quantitative estimate of drug-likeness (QED) is 0.643. The maximum absolute atomic E-state index is 9.48. The van der Waals surface area contributed by atoms with Gasteiger partial charge in [0.2, 0.25) is 5.82 Å². The van der Waals surface area contributed by atoms with Crippen LogP contribution in [0.15, 0.2) is 53.1 Å². The van der Waals surface area contributed by atoms with E-state index in [0.29, 0.717) is 23.6 Å². The number of nitrogens with two attached hydrogens (primary N) is 1. The van der Waals surface area contributed by atoms with Crippen LogP contribution in [-0.2, 0) is 6.42 Å². The SMILES string of the molecule is CC(C)Cc1ccc(-c2nc(-c3ccc(C4CCC(N)(CO)C4)cc3)no2)cc1. The van der Waals surface area contributed by atoms with E-state index in [-0.39, 0.29) is 6.61 Å². The molecule has 0 amide bonds. The second-order valence-electron chi connectivity index (χ2n) is 8.80. The molecular formula is C24H29N3O2. The lowest BCUT2D eigenvalue weighted by Crippen LogP contribution is -2.40. The fraction of sp³-hybridized carbons (Fsp3) is 0.417. The van der Waals surface area contributed by atoms with Crippen molar-refractivity contribution in [3.8, 4) is 22.8 Å². The summed E-state index contributed by atoms with van der Waals surface area (Å²) in [6.45, 7) is 4.48. The van der Waals surface area contributed by atoms with Crippen molar-refractivity contribution in [3.05, 3.63) is 59.7 Å². The highest BCUT2D eigenvalue weighted by atomic mass is 16.5. The average Bonchev–Trinajstić information content (AvgIpc) is 3.36. The molecule has 0 saturated heterocycles. The van der Waals surface area contributed by atoms with Gasteiger partial charge in [-0.05, 0) is 60.8 Å². The summed E-state index contributed by atoms with van der Waals surface area (Å²) in [5.41, 5.74) is 10.2. The zero-order chi connectivity index (χ0) is 20.4. The van der Waals surface area contributed by atoms with E-state index in [1.807, 2.05) is 24.3 Å². The summed E-state index contributed by atoms with van der Waals surface area (Å²) >= 11 is 0. The van der Waals surface area contributed by atoms with Gasteiger partial charge in [0.25, 0.3) is 5.89 Å². The lowest BCUT2D eigenvalue weighted by atomic mass is 9.93.